The van der Waals surface area contributed by atoms with Gasteiger partial charge in [0.05, 0.1) is 11.5 Å². The molecule has 1 aromatic heterocycles. The second kappa shape index (κ2) is 8.58. The minimum absolute atomic E-state index is 0.0303. The van der Waals surface area contributed by atoms with Crippen molar-refractivity contribution in [2.24, 2.45) is 11.8 Å². The molecule has 1 saturated heterocycles. The van der Waals surface area contributed by atoms with Crippen LogP contribution in [0.5, 0.6) is 0 Å². The Morgan fingerprint density at radius 1 is 0.968 bits per heavy atom. The number of benzene rings is 2. The molecule has 5 rings (SSSR count). The van der Waals surface area contributed by atoms with Gasteiger partial charge in [0.15, 0.2) is 0 Å². The van der Waals surface area contributed by atoms with Gasteiger partial charge in [-0.15, -0.1) is 0 Å². The number of hydrogen-bond acceptors (Lipinski definition) is 2. The van der Waals surface area contributed by atoms with Crippen LogP contribution in [0.1, 0.15) is 41.6 Å². The molecule has 1 aliphatic heterocycles. The van der Waals surface area contributed by atoms with Gasteiger partial charge >= 0.3 is 0 Å². The highest BCUT2D eigenvalue weighted by Crippen LogP contribution is 2.28. The fourth-order valence-electron chi connectivity index (χ4n) is 4.59. The maximum Gasteiger partial charge on any atom is 0.256 e. The summed E-state index contributed by atoms with van der Waals surface area (Å²) in [6.45, 7) is 2.73. The van der Waals surface area contributed by atoms with E-state index in [1.165, 1.54) is 18.4 Å². The highest BCUT2D eigenvalue weighted by molar-refractivity contribution is 6.07. The second-order valence-electron chi connectivity index (χ2n) is 8.95. The van der Waals surface area contributed by atoms with Gasteiger partial charge in [-0.3, -0.25) is 9.59 Å². The Morgan fingerprint density at radius 2 is 1.74 bits per heavy atom. The van der Waals surface area contributed by atoms with Crippen LogP contribution in [0.2, 0.25) is 0 Å². The van der Waals surface area contributed by atoms with Gasteiger partial charge in [-0.05, 0) is 43.2 Å². The lowest BCUT2D eigenvalue weighted by atomic mass is 9.96. The molecule has 31 heavy (non-hydrogen) atoms. The molecular weight excluding hydrogens is 386 g/mol. The van der Waals surface area contributed by atoms with Gasteiger partial charge < -0.3 is 14.8 Å². The molecule has 0 radical (unpaired) electrons. The number of hydrogen-bond donors (Lipinski definition) is 1. The molecule has 5 heteroatoms. The van der Waals surface area contributed by atoms with Crippen molar-refractivity contribution in [3.05, 3.63) is 71.9 Å². The normalized spacial score (nSPS) is 18.8. The third kappa shape index (κ3) is 4.36. The van der Waals surface area contributed by atoms with Crippen LogP contribution in [-0.4, -0.2) is 40.9 Å². The van der Waals surface area contributed by atoms with Crippen molar-refractivity contribution in [1.29, 1.82) is 0 Å². The average molecular weight is 416 g/mol. The van der Waals surface area contributed by atoms with E-state index < -0.39 is 0 Å². The number of nitrogens with zero attached hydrogens (tertiary/aromatic N) is 2. The first-order valence-corrected chi connectivity index (χ1v) is 11.4. The Morgan fingerprint density at radius 3 is 2.55 bits per heavy atom. The van der Waals surface area contributed by atoms with Crippen molar-refractivity contribution in [2.75, 3.05) is 19.6 Å². The van der Waals surface area contributed by atoms with Crippen LogP contribution in [0.3, 0.4) is 0 Å². The Hall–Kier alpha value is -3.08. The van der Waals surface area contributed by atoms with Crippen molar-refractivity contribution in [3.8, 4) is 0 Å². The molecule has 1 saturated carbocycles. The predicted molar refractivity (Wildman–Crippen MR) is 122 cm³/mol. The minimum atomic E-state index is -0.103. The third-order valence-electron chi connectivity index (χ3n) is 6.56. The van der Waals surface area contributed by atoms with Gasteiger partial charge in [0, 0.05) is 43.3 Å². The van der Waals surface area contributed by atoms with Crippen molar-refractivity contribution in [3.63, 3.8) is 0 Å². The first-order chi connectivity index (χ1) is 15.2. The number of amides is 2. The van der Waals surface area contributed by atoms with Crippen LogP contribution in [0.4, 0.5) is 0 Å². The number of likely N-dealkylation sites (tertiary alicyclic amines) is 1. The van der Waals surface area contributed by atoms with Crippen LogP contribution in [0.15, 0.2) is 60.8 Å². The van der Waals surface area contributed by atoms with Crippen LogP contribution in [0, 0.1) is 11.8 Å². The number of rotatable bonds is 6. The number of aromatic nitrogens is 1. The van der Waals surface area contributed by atoms with Gasteiger partial charge in [-0.25, -0.2) is 0 Å². The largest absolute Gasteiger partial charge is 0.356 e. The molecule has 1 N–H and O–H groups in total. The van der Waals surface area contributed by atoms with E-state index in [-0.39, 0.29) is 17.7 Å². The SMILES string of the molecule is O=C(NCC1CC1)C1CCCN(C(=O)c2cn(Cc3ccccc3)c3ccccc23)C1. The molecule has 5 nitrogen and oxygen atoms in total. The van der Waals surface area contributed by atoms with Gasteiger partial charge in [0.1, 0.15) is 0 Å². The lowest BCUT2D eigenvalue weighted by molar-refractivity contribution is -0.126. The first kappa shape index (κ1) is 19.9. The van der Waals surface area contributed by atoms with Crippen LogP contribution in [-0.2, 0) is 11.3 Å². The Balaban J connectivity index is 1.35. The number of nitrogens with one attached hydrogen (secondary N) is 1. The van der Waals surface area contributed by atoms with Gasteiger partial charge in [-0.2, -0.15) is 0 Å². The highest BCUT2D eigenvalue weighted by atomic mass is 16.2. The smallest absolute Gasteiger partial charge is 0.256 e. The Labute approximate surface area is 183 Å². The number of carbonyl (C=O) groups excluding carboxylic acids is 2. The van der Waals surface area contributed by atoms with Crippen molar-refractivity contribution < 1.29 is 9.59 Å². The quantitative estimate of drug-likeness (QED) is 0.660. The van der Waals surface area contributed by atoms with Gasteiger partial charge in [-0.1, -0.05) is 48.5 Å². The van der Waals surface area contributed by atoms with E-state index in [0.717, 1.165) is 42.4 Å². The monoisotopic (exact) mass is 415 g/mol. The maximum absolute atomic E-state index is 13.5. The molecule has 1 unspecified atom stereocenters. The summed E-state index contributed by atoms with van der Waals surface area (Å²) in [6, 6.07) is 18.4. The Bertz CT molecular complexity index is 1080. The second-order valence-corrected chi connectivity index (χ2v) is 8.95. The summed E-state index contributed by atoms with van der Waals surface area (Å²) in [5.74, 6) is 0.703. The molecule has 2 heterocycles. The predicted octanol–water partition coefficient (Wildman–Crippen LogP) is 4.07. The molecule has 2 aliphatic rings. The lowest BCUT2D eigenvalue weighted by Gasteiger charge is -2.32. The van der Waals surface area contributed by atoms with Crippen molar-refractivity contribution >= 4 is 22.7 Å². The van der Waals surface area contributed by atoms with Crippen LogP contribution < -0.4 is 5.32 Å². The van der Waals surface area contributed by atoms with E-state index in [1.54, 1.807) is 0 Å². The summed E-state index contributed by atoms with van der Waals surface area (Å²) in [7, 11) is 0. The third-order valence-corrected chi connectivity index (χ3v) is 6.56. The van der Waals surface area contributed by atoms with Gasteiger partial charge in [0.2, 0.25) is 5.91 Å². The Kier molecular flexibility index (Phi) is 5.49. The van der Waals surface area contributed by atoms with E-state index in [2.05, 4.69) is 28.1 Å². The number of piperidine rings is 1. The molecule has 0 bridgehead atoms. The fourth-order valence-corrected chi connectivity index (χ4v) is 4.59. The standard InChI is InChI=1S/C26H29N3O2/c30-25(27-15-19-12-13-19)21-9-6-14-28(17-21)26(31)23-18-29(16-20-7-2-1-3-8-20)24-11-5-4-10-22(23)24/h1-5,7-8,10-11,18-19,21H,6,9,12-17H2,(H,27,30). The molecule has 2 amide bonds. The van der Waals surface area contributed by atoms with Crippen molar-refractivity contribution in [1.82, 2.24) is 14.8 Å². The van der Waals surface area contributed by atoms with E-state index >= 15 is 0 Å². The van der Waals surface area contributed by atoms with E-state index in [0.29, 0.717) is 19.0 Å². The van der Waals surface area contributed by atoms with E-state index in [1.807, 2.05) is 47.5 Å². The zero-order valence-electron chi connectivity index (χ0n) is 17.8. The molecule has 1 aliphatic carbocycles. The molecule has 2 fully saturated rings. The molecular formula is C26H29N3O2. The summed E-state index contributed by atoms with van der Waals surface area (Å²) in [5, 5.41) is 4.07. The van der Waals surface area contributed by atoms with Gasteiger partial charge in [0.25, 0.3) is 5.91 Å². The molecule has 3 aromatic rings. The highest BCUT2D eigenvalue weighted by Gasteiger charge is 2.31. The topological polar surface area (TPSA) is 54.3 Å². The van der Waals surface area contributed by atoms with E-state index in [4.69, 9.17) is 0 Å². The average Bonchev–Trinajstić information content (AvgIpc) is 3.59. The summed E-state index contributed by atoms with van der Waals surface area (Å²) >= 11 is 0. The zero-order valence-corrected chi connectivity index (χ0v) is 17.8. The number of para-hydroxylation sites is 1. The van der Waals surface area contributed by atoms with E-state index in [9.17, 15) is 9.59 Å². The molecule has 2 aromatic carbocycles. The molecule has 0 spiro atoms. The molecule has 160 valence electrons. The lowest BCUT2D eigenvalue weighted by Crippen LogP contribution is -2.45. The number of fused-ring (bicyclic) bond motifs is 1. The molecule has 1 atom stereocenters. The summed E-state index contributed by atoms with van der Waals surface area (Å²) in [4.78, 5) is 28.0. The first-order valence-electron chi connectivity index (χ1n) is 11.4. The fraction of sp³-hybridized carbons (Fsp3) is 0.385. The minimum Gasteiger partial charge on any atom is -0.356 e. The number of carbonyl (C=O) groups is 2. The summed E-state index contributed by atoms with van der Waals surface area (Å²) in [5.41, 5.74) is 2.99. The zero-order chi connectivity index (χ0) is 21.2. The van der Waals surface area contributed by atoms with Crippen LogP contribution >= 0.6 is 0 Å². The summed E-state index contributed by atoms with van der Waals surface area (Å²) in [6.07, 6.45) is 6.16. The summed E-state index contributed by atoms with van der Waals surface area (Å²) < 4.78 is 2.15. The maximum atomic E-state index is 13.5. The van der Waals surface area contributed by atoms with Crippen LogP contribution in [0.25, 0.3) is 10.9 Å². The van der Waals surface area contributed by atoms with Crippen molar-refractivity contribution in [2.45, 2.75) is 32.2 Å².